The fourth-order valence-corrected chi connectivity index (χ4v) is 5.08. The van der Waals surface area contributed by atoms with E-state index in [2.05, 4.69) is 26.0 Å². The number of ether oxygens (including phenoxy) is 1. The molecular formula is C23H34O2. The molecule has 0 aliphatic heterocycles. The van der Waals surface area contributed by atoms with Gasteiger partial charge in [0.05, 0.1) is 5.92 Å². The summed E-state index contributed by atoms with van der Waals surface area (Å²) in [6.07, 6.45) is 12.3. The van der Waals surface area contributed by atoms with Crippen molar-refractivity contribution < 1.29 is 9.53 Å². The molecule has 0 aromatic heterocycles. The molecule has 3 rings (SSSR count). The van der Waals surface area contributed by atoms with Gasteiger partial charge in [-0.25, -0.2) is 0 Å². The fraction of sp³-hybridized carbons (Fsp3) is 0.696. The average Bonchev–Trinajstić information content (AvgIpc) is 2.63. The van der Waals surface area contributed by atoms with Gasteiger partial charge in [0.15, 0.2) is 0 Å². The lowest BCUT2D eigenvalue weighted by Gasteiger charge is -2.41. The van der Waals surface area contributed by atoms with E-state index in [4.69, 9.17) is 4.74 Å². The van der Waals surface area contributed by atoms with Gasteiger partial charge in [-0.3, -0.25) is 4.79 Å². The standard InChI is InChI=1S/C23H34O2/c1-3-5-17-8-13-22(14-9-17)25-23(24)21-12-11-19-15-18(6-4-2)7-10-20(19)16-21/h8-9,13-14,18-21H,3-7,10-12,15-16H2,1-2H3/t18?,19-,20?,21-/m1/s1. The molecule has 2 nitrogen and oxygen atoms in total. The first-order valence-corrected chi connectivity index (χ1v) is 10.5. The molecule has 4 atom stereocenters. The van der Waals surface area contributed by atoms with Crippen molar-refractivity contribution in [3.05, 3.63) is 29.8 Å². The first-order chi connectivity index (χ1) is 12.2. The molecule has 2 aliphatic carbocycles. The third-order valence-corrected chi connectivity index (χ3v) is 6.43. The lowest BCUT2D eigenvalue weighted by atomic mass is 9.64. The number of fused-ring (bicyclic) bond motifs is 1. The summed E-state index contributed by atoms with van der Waals surface area (Å²) < 4.78 is 5.69. The number of aryl methyl sites for hydroxylation is 1. The molecule has 0 spiro atoms. The van der Waals surface area contributed by atoms with E-state index in [0.29, 0.717) is 5.75 Å². The summed E-state index contributed by atoms with van der Waals surface area (Å²) in [7, 11) is 0. The van der Waals surface area contributed by atoms with Gasteiger partial charge >= 0.3 is 5.97 Å². The van der Waals surface area contributed by atoms with Crippen LogP contribution in [-0.4, -0.2) is 5.97 Å². The number of rotatable bonds is 6. The minimum atomic E-state index is -0.00243. The molecule has 2 heteroatoms. The van der Waals surface area contributed by atoms with Crippen LogP contribution in [0.15, 0.2) is 24.3 Å². The van der Waals surface area contributed by atoms with E-state index in [9.17, 15) is 4.79 Å². The van der Waals surface area contributed by atoms with E-state index in [-0.39, 0.29) is 11.9 Å². The highest BCUT2D eigenvalue weighted by Gasteiger charge is 2.38. The van der Waals surface area contributed by atoms with Crippen molar-refractivity contribution >= 4 is 5.97 Å². The van der Waals surface area contributed by atoms with E-state index in [1.165, 1.54) is 44.1 Å². The maximum Gasteiger partial charge on any atom is 0.314 e. The summed E-state index contributed by atoms with van der Waals surface area (Å²) in [5.41, 5.74) is 1.31. The Kier molecular flexibility index (Phi) is 6.56. The average molecular weight is 343 g/mol. The molecule has 0 bridgehead atoms. The lowest BCUT2D eigenvalue weighted by Crippen LogP contribution is -2.35. The van der Waals surface area contributed by atoms with Crippen molar-refractivity contribution in [3.63, 3.8) is 0 Å². The molecule has 138 valence electrons. The number of carbonyl (C=O) groups is 1. The number of carbonyl (C=O) groups excluding carboxylic acids is 1. The third-order valence-electron chi connectivity index (χ3n) is 6.43. The first-order valence-electron chi connectivity index (χ1n) is 10.5. The first kappa shape index (κ1) is 18.5. The zero-order valence-electron chi connectivity index (χ0n) is 16.0. The smallest absolute Gasteiger partial charge is 0.314 e. The van der Waals surface area contributed by atoms with Crippen molar-refractivity contribution in [1.82, 2.24) is 0 Å². The molecule has 0 radical (unpaired) electrons. The largest absolute Gasteiger partial charge is 0.426 e. The highest BCUT2D eigenvalue weighted by Crippen LogP contribution is 2.45. The lowest BCUT2D eigenvalue weighted by molar-refractivity contribution is -0.141. The minimum absolute atomic E-state index is 0.00243. The Morgan fingerprint density at radius 3 is 2.40 bits per heavy atom. The SMILES string of the molecule is CCCc1ccc(OC(=O)[C@@H]2CC[C@@H]3CC(CCC)CCC3C2)cc1. The Hall–Kier alpha value is -1.31. The van der Waals surface area contributed by atoms with Crippen LogP contribution in [0, 0.1) is 23.7 Å². The summed E-state index contributed by atoms with van der Waals surface area (Å²) in [6.45, 7) is 4.48. The predicted octanol–water partition coefficient (Wildman–Crippen LogP) is 6.18. The van der Waals surface area contributed by atoms with Gasteiger partial charge in [-0.1, -0.05) is 51.7 Å². The fourth-order valence-electron chi connectivity index (χ4n) is 5.08. The van der Waals surface area contributed by atoms with E-state index in [0.717, 1.165) is 43.4 Å². The Bertz CT molecular complexity index is 548. The van der Waals surface area contributed by atoms with Crippen LogP contribution < -0.4 is 4.74 Å². The summed E-state index contributed by atoms with van der Waals surface area (Å²) in [5, 5.41) is 0. The molecule has 0 N–H and O–H groups in total. The van der Waals surface area contributed by atoms with Crippen LogP contribution in [0.3, 0.4) is 0 Å². The topological polar surface area (TPSA) is 26.3 Å². The van der Waals surface area contributed by atoms with Crippen molar-refractivity contribution in [2.24, 2.45) is 23.7 Å². The second kappa shape index (κ2) is 8.87. The zero-order chi connectivity index (χ0) is 17.6. The van der Waals surface area contributed by atoms with Gasteiger partial charge in [0.2, 0.25) is 0 Å². The highest BCUT2D eigenvalue weighted by atomic mass is 16.5. The quantitative estimate of drug-likeness (QED) is 0.456. The van der Waals surface area contributed by atoms with Crippen molar-refractivity contribution in [2.75, 3.05) is 0 Å². The number of hydrogen-bond donors (Lipinski definition) is 0. The van der Waals surface area contributed by atoms with Crippen LogP contribution in [0.2, 0.25) is 0 Å². The third kappa shape index (κ3) is 4.86. The number of esters is 1. The molecular weight excluding hydrogens is 308 g/mol. The molecule has 0 saturated heterocycles. The van der Waals surface area contributed by atoms with Crippen LogP contribution in [0.25, 0.3) is 0 Å². The summed E-state index contributed by atoms with van der Waals surface area (Å²) >= 11 is 0. The molecule has 2 unspecified atom stereocenters. The van der Waals surface area contributed by atoms with Gasteiger partial charge in [0.1, 0.15) is 5.75 Å². The van der Waals surface area contributed by atoms with Crippen LogP contribution in [0.5, 0.6) is 5.75 Å². The normalized spacial score (nSPS) is 29.0. The second-order valence-electron chi connectivity index (χ2n) is 8.31. The molecule has 25 heavy (non-hydrogen) atoms. The van der Waals surface area contributed by atoms with E-state index < -0.39 is 0 Å². The van der Waals surface area contributed by atoms with Gasteiger partial charge in [0.25, 0.3) is 0 Å². The van der Waals surface area contributed by atoms with Crippen LogP contribution in [0.4, 0.5) is 0 Å². The Morgan fingerprint density at radius 1 is 0.960 bits per heavy atom. The summed E-state index contributed by atoms with van der Waals surface area (Å²) in [6, 6.07) is 8.06. The monoisotopic (exact) mass is 342 g/mol. The predicted molar refractivity (Wildman–Crippen MR) is 103 cm³/mol. The van der Waals surface area contributed by atoms with E-state index >= 15 is 0 Å². The van der Waals surface area contributed by atoms with Gasteiger partial charge in [-0.05, 0) is 74.0 Å². The molecule has 0 amide bonds. The number of hydrogen-bond acceptors (Lipinski definition) is 2. The highest BCUT2D eigenvalue weighted by molar-refractivity contribution is 5.75. The maximum absolute atomic E-state index is 12.6. The van der Waals surface area contributed by atoms with Gasteiger partial charge in [-0.15, -0.1) is 0 Å². The van der Waals surface area contributed by atoms with E-state index in [1.807, 2.05) is 12.1 Å². The Balaban J connectivity index is 1.51. The van der Waals surface area contributed by atoms with Gasteiger partial charge < -0.3 is 4.74 Å². The molecule has 0 heterocycles. The second-order valence-corrected chi connectivity index (χ2v) is 8.31. The van der Waals surface area contributed by atoms with Crippen LogP contribution >= 0.6 is 0 Å². The molecule has 1 aromatic rings. The minimum Gasteiger partial charge on any atom is -0.426 e. The van der Waals surface area contributed by atoms with Crippen molar-refractivity contribution in [2.45, 2.75) is 78.1 Å². The molecule has 2 fully saturated rings. The Labute approximate surface area is 153 Å². The summed E-state index contributed by atoms with van der Waals surface area (Å²) in [4.78, 5) is 12.6. The van der Waals surface area contributed by atoms with E-state index in [1.54, 1.807) is 0 Å². The molecule has 2 saturated carbocycles. The van der Waals surface area contributed by atoms with Crippen LogP contribution in [0.1, 0.15) is 77.2 Å². The van der Waals surface area contributed by atoms with Crippen molar-refractivity contribution in [3.8, 4) is 5.75 Å². The zero-order valence-corrected chi connectivity index (χ0v) is 16.0. The van der Waals surface area contributed by atoms with Crippen molar-refractivity contribution in [1.29, 1.82) is 0 Å². The number of benzene rings is 1. The van der Waals surface area contributed by atoms with Gasteiger partial charge in [0, 0.05) is 0 Å². The Morgan fingerprint density at radius 2 is 1.68 bits per heavy atom. The van der Waals surface area contributed by atoms with Gasteiger partial charge in [-0.2, -0.15) is 0 Å². The summed E-state index contributed by atoms with van der Waals surface area (Å²) in [5.74, 6) is 3.38. The maximum atomic E-state index is 12.6. The molecule has 1 aromatic carbocycles. The molecule has 2 aliphatic rings. The van der Waals surface area contributed by atoms with Crippen LogP contribution in [-0.2, 0) is 11.2 Å².